The fraction of sp³-hybridized carbons (Fsp3) is 0.474. The summed E-state index contributed by atoms with van der Waals surface area (Å²) in [6, 6.07) is 8.80. The van der Waals surface area contributed by atoms with Crippen LogP contribution in [0, 0.1) is 5.41 Å². The lowest BCUT2D eigenvalue weighted by atomic mass is 9.80. The number of nitrogens with one attached hydrogen (secondary N) is 1. The molecular weight excluding hydrogens is 302 g/mol. The van der Waals surface area contributed by atoms with Gasteiger partial charge in [0.1, 0.15) is 11.4 Å². The fourth-order valence-electron chi connectivity index (χ4n) is 3.37. The summed E-state index contributed by atoms with van der Waals surface area (Å²) in [6.45, 7) is 8.66. The molecule has 1 aromatic carbocycles. The monoisotopic (exact) mass is 327 g/mol. The molecular formula is C19H25N3O2. The number of hydrogen-bond donors (Lipinski definition) is 2. The summed E-state index contributed by atoms with van der Waals surface area (Å²) in [5.74, 6) is -0.336. The second-order valence-electron chi connectivity index (χ2n) is 7.57. The van der Waals surface area contributed by atoms with Crippen molar-refractivity contribution in [2.45, 2.75) is 52.6 Å². The third kappa shape index (κ3) is 2.90. The maximum Gasteiger partial charge on any atom is 0.341 e. The highest BCUT2D eigenvalue weighted by Crippen LogP contribution is 2.44. The molecule has 0 spiro atoms. The molecule has 5 nitrogen and oxygen atoms in total. The molecule has 2 heterocycles. The van der Waals surface area contributed by atoms with Crippen molar-refractivity contribution in [2.24, 2.45) is 5.41 Å². The van der Waals surface area contributed by atoms with E-state index < -0.39 is 5.97 Å². The average Bonchev–Trinajstić information content (AvgIpc) is 2.97. The van der Waals surface area contributed by atoms with Gasteiger partial charge in [-0.25, -0.2) is 9.48 Å². The normalized spacial score (nSPS) is 20.3. The maximum atomic E-state index is 11.5. The number of anilines is 1. The third-order valence-electron chi connectivity index (χ3n) is 4.88. The number of aryl methyl sites for hydroxylation is 1. The number of rotatable bonds is 3. The standard InChI is InChI=1S/C19H25N3O2/c1-5-12-6-8-13(9-7-12)15-10-16(19(2,3)4)22-17(21-15)14(11-20-22)18(23)24/h6-9,11,15-16,21H,5,10H2,1-4H3,(H,23,24)/t15-,16+/m1/s1. The van der Waals surface area contributed by atoms with Gasteiger partial charge in [0.15, 0.2) is 0 Å². The number of carboxylic acid groups (broad SMARTS) is 1. The Morgan fingerprint density at radius 3 is 2.54 bits per heavy atom. The van der Waals surface area contributed by atoms with Gasteiger partial charge in [-0.2, -0.15) is 5.10 Å². The predicted octanol–water partition coefficient (Wildman–Crippen LogP) is 4.29. The van der Waals surface area contributed by atoms with Gasteiger partial charge in [0.05, 0.1) is 18.3 Å². The first-order chi connectivity index (χ1) is 11.3. The number of fused-ring (bicyclic) bond motifs is 1. The van der Waals surface area contributed by atoms with E-state index >= 15 is 0 Å². The summed E-state index contributed by atoms with van der Waals surface area (Å²) in [7, 11) is 0. The molecule has 24 heavy (non-hydrogen) atoms. The fourth-order valence-corrected chi connectivity index (χ4v) is 3.37. The molecule has 0 bridgehead atoms. The number of benzene rings is 1. The third-order valence-corrected chi connectivity index (χ3v) is 4.88. The molecule has 3 rings (SSSR count). The van der Waals surface area contributed by atoms with Crippen molar-refractivity contribution in [3.05, 3.63) is 47.2 Å². The lowest BCUT2D eigenvalue weighted by molar-refractivity contribution is 0.0697. The van der Waals surface area contributed by atoms with E-state index in [0.29, 0.717) is 5.82 Å². The van der Waals surface area contributed by atoms with Crippen LogP contribution in [0.15, 0.2) is 30.5 Å². The maximum absolute atomic E-state index is 11.5. The van der Waals surface area contributed by atoms with E-state index in [2.05, 4.69) is 62.4 Å². The molecule has 0 aliphatic carbocycles. The van der Waals surface area contributed by atoms with Crippen LogP contribution >= 0.6 is 0 Å². The molecule has 0 saturated carbocycles. The van der Waals surface area contributed by atoms with Gasteiger partial charge >= 0.3 is 5.97 Å². The van der Waals surface area contributed by atoms with E-state index in [9.17, 15) is 9.90 Å². The van der Waals surface area contributed by atoms with Crippen LogP contribution in [0.1, 0.15) is 67.7 Å². The number of carboxylic acids is 1. The molecule has 0 amide bonds. The first-order valence-electron chi connectivity index (χ1n) is 8.47. The number of aromatic nitrogens is 2. The number of aromatic carboxylic acids is 1. The molecule has 0 unspecified atom stereocenters. The van der Waals surface area contributed by atoms with Crippen molar-refractivity contribution in [3.8, 4) is 0 Å². The molecule has 0 fully saturated rings. The molecule has 0 saturated heterocycles. The van der Waals surface area contributed by atoms with Gasteiger partial charge in [-0.3, -0.25) is 0 Å². The zero-order chi connectivity index (χ0) is 17.5. The Balaban J connectivity index is 2.02. The number of carbonyl (C=O) groups is 1. The Kier molecular flexibility index (Phi) is 4.11. The molecule has 1 aromatic heterocycles. The Hall–Kier alpha value is -2.30. The minimum absolute atomic E-state index is 0.0136. The van der Waals surface area contributed by atoms with Gasteiger partial charge in [-0.05, 0) is 29.4 Å². The highest BCUT2D eigenvalue weighted by molar-refractivity contribution is 5.93. The summed E-state index contributed by atoms with van der Waals surface area (Å²) in [6.07, 6.45) is 3.34. The Labute approximate surface area is 142 Å². The van der Waals surface area contributed by atoms with Crippen LogP contribution in [0.4, 0.5) is 5.82 Å². The van der Waals surface area contributed by atoms with Crippen LogP contribution < -0.4 is 5.32 Å². The second kappa shape index (κ2) is 5.96. The summed E-state index contributed by atoms with van der Waals surface area (Å²) in [5.41, 5.74) is 2.71. The highest BCUT2D eigenvalue weighted by Gasteiger charge is 2.37. The van der Waals surface area contributed by atoms with Crippen LogP contribution in [0.25, 0.3) is 0 Å². The van der Waals surface area contributed by atoms with Gasteiger partial charge in [0.25, 0.3) is 0 Å². The predicted molar refractivity (Wildman–Crippen MR) is 94.5 cm³/mol. The highest BCUT2D eigenvalue weighted by atomic mass is 16.4. The zero-order valence-electron chi connectivity index (χ0n) is 14.7. The van der Waals surface area contributed by atoms with Crippen LogP contribution in [0.5, 0.6) is 0 Å². The Bertz CT molecular complexity index is 741. The lowest BCUT2D eigenvalue weighted by Gasteiger charge is -2.39. The zero-order valence-corrected chi connectivity index (χ0v) is 14.7. The SMILES string of the molecule is CCc1ccc([C@H]2C[C@@H](C(C)(C)C)n3ncc(C(=O)O)c3N2)cc1. The van der Waals surface area contributed by atoms with Gasteiger partial charge in [0.2, 0.25) is 0 Å². The van der Waals surface area contributed by atoms with E-state index in [1.807, 2.05) is 4.68 Å². The van der Waals surface area contributed by atoms with Crippen molar-refractivity contribution >= 4 is 11.8 Å². The van der Waals surface area contributed by atoms with Crippen LogP contribution in [0.2, 0.25) is 0 Å². The molecule has 128 valence electrons. The van der Waals surface area contributed by atoms with Crippen molar-refractivity contribution in [3.63, 3.8) is 0 Å². The Morgan fingerprint density at radius 2 is 2.00 bits per heavy atom. The van der Waals surface area contributed by atoms with Crippen LogP contribution in [0.3, 0.4) is 0 Å². The summed E-state index contributed by atoms with van der Waals surface area (Å²) >= 11 is 0. The van der Waals surface area contributed by atoms with E-state index in [4.69, 9.17) is 0 Å². The quantitative estimate of drug-likeness (QED) is 0.882. The molecule has 2 atom stereocenters. The summed E-state index contributed by atoms with van der Waals surface area (Å²) < 4.78 is 1.85. The molecule has 1 aliphatic heterocycles. The first-order valence-corrected chi connectivity index (χ1v) is 8.47. The molecule has 2 N–H and O–H groups in total. The van der Waals surface area contributed by atoms with Gasteiger partial charge < -0.3 is 10.4 Å². The van der Waals surface area contributed by atoms with Crippen molar-refractivity contribution < 1.29 is 9.90 Å². The molecule has 5 heteroatoms. The Morgan fingerprint density at radius 1 is 1.33 bits per heavy atom. The summed E-state index contributed by atoms with van der Waals surface area (Å²) in [4.78, 5) is 11.5. The van der Waals surface area contributed by atoms with E-state index in [1.54, 1.807) is 0 Å². The van der Waals surface area contributed by atoms with Crippen LogP contribution in [-0.4, -0.2) is 20.9 Å². The second-order valence-corrected chi connectivity index (χ2v) is 7.57. The molecule has 1 aliphatic rings. The first kappa shape index (κ1) is 16.6. The van der Waals surface area contributed by atoms with Crippen molar-refractivity contribution in [1.82, 2.24) is 9.78 Å². The molecule has 0 radical (unpaired) electrons. The van der Waals surface area contributed by atoms with E-state index in [0.717, 1.165) is 12.8 Å². The minimum Gasteiger partial charge on any atom is -0.477 e. The largest absolute Gasteiger partial charge is 0.477 e. The molecule has 2 aromatic rings. The van der Waals surface area contributed by atoms with Gasteiger partial charge in [-0.15, -0.1) is 0 Å². The van der Waals surface area contributed by atoms with Crippen molar-refractivity contribution in [2.75, 3.05) is 5.32 Å². The van der Waals surface area contributed by atoms with E-state index in [1.165, 1.54) is 17.3 Å². The van der Waals surface area contributed by atoms with E-state index in [-0.39, 0.29) is 23.1 Å². The van der Waals surface area contributed by atoms with Gasteiger partial charge in [-0.1, -0.05) is 52.0 Å². The topological polar surface area (TPSA) is 67.2 Å². The van der Waals surface area contributed by atoms with Gasteiger partial charge in [0, 0.05) is 0 Å². The summed E-state index contributed by atoms with van der Waals surface area (Å²) in [5, 5.41) is 17.2. The lowest BCUT2D eigenvalue weighted by Crippen LogP contribution is -2.34. The average molecular weight is 327 g/mol. The van der Waals surface area contributed by atoms with Crippen molar-refractivity contribution in [1.29, 1.82) is 0 Å². The van der Waals surface area contributed by atoms with Crippen LogP contribution in [-0.2, 0) is 6.42 Å². The number of nitrogens with zero attached hydrogens (tertiary/aromatic N) is 2. The number of hydrogen-bond acceptors (Lipinski definition) is 3. The minimum atomic E-state index is -0.946. The smallest absolute Gasteiger partial charge is 0.341 e.